The van der Waals surface area contributed by atoms with Gasteiger partial charge in [-0.1, -0.05) is 51.4 Å². The van der Waals surface area contributed by atoms with Crippen LogP contribution in [-0.2, 0) is 0 Å². The summed E-state index contributed by atoms with van der Waals surface area (Å²) in [5, 5.41) is 22.4. The van der Waals surface area contributed by atoms with E-state index in [1.807, 2.05) is 6.92 Å². The topological polar surface area (TPSA) is 52.5 Å². The van der Waals surface area contributed by atoms with Crippen LogP contribution in [0.25, 0.3) is 0 Å². The minimum Gasteiger partial charge on any atom is -0.393 e. The summed E-state index contributed by atoms with van der Waals surface area (Å²) in [6.45, 7) is 3.97. The Balaban J connectivity index is 1.82. The molecule has 0 aliphatic carbocycles. The van der Waals surface area contributed by atoms with Crippen molar-refractivity contribution >= 4 is 0 Å². The maximum atomic E-state index is 9.68. The molecule has 0 bridgehead atoms. The van der Waals surface area contributed by atoms with Crippen molar-refractivity contribution in [2.75, 3.05) is 0 Å². The normalized spacial score (nSPS) is 27.7. The standard InChI is InChI=1S/C18H37NO2/c1-15(20)11-9-7-5-3-4-6-8-10-12-17-13-14-18(21)16(2)19-17/h15-21H,3-14H2,1-2H3/t15?,16-,17+,18-/m1/s1. The number of hydrogen-bond donors (Lipinski definition) is 3. The van der Waals surface area contributed by atoms with Gasteiger partial charge in [-0.3, -0.25) is 0 Å². The van der Waals surface area contributed by atoms with Gasteiger partial charge in [0, 0.05) is 12.1 Å². The molecule has 4 atom stereocenters. The van der Waals surface area contributed by atoms with Crippen LogP contribution in [0.3, 0.4) is 0 Å². The van der Waals surface area contributed by atoms with E-state index >= 15 is 0 Å². The van der Waals surface area contributed by atoms with E-state index in [-0.39, 0.29) is 18.2 Å². The van der Waals surface area contributed by atoms with Crippen LogP contribution in [0, 0.1) is 0 Å². The molecule has 0 aromatic rings. The molecule has 1 aliphatic rings. The van der Waals surface area contributed by atoms with Gasteiger partial charge < -0.3 is 15.5 Å². The average molecular weight is 299 g/mol. The number of rotatable bonds is 11. The first-order valence-electron chi connectivity index (χ1n) is 9.21. The molecule has 0 saturated carbocycles. The first-order chi connectivity index (χ1) is 10.1. The molecule has 1 fully saturated rings. The summed E-state index contributed by atoms with van der Waals surface area (Å²) in [7, 11) is 0. The number of aliphatic hydroxyl groups is 2. The predicted octanol–water partition coefficient (Wildman–Crippen LogP) is 3.77. The van der Waals surface area contributed by atoms with Crippen molar-refractivity contribution in [3.63, 3.8) is 0 Å². The average Bonchev–Trinajstić information content (AvgIpc) is 2.44. The van der Waals surface area contributed by atoms with Gasteiger partial charge in [-0.15, -0.1) is 0 Å². The maximum absolute atomic E-state index is 9.68. The summed E-state index contributed by atoms with van der Waals surface area (Å²) in [6.07, 6.45) is 14.6. The van der Waals surface area contributed by atoms with E-state index in [0.29, 0.717) is 6.04 Å². The van der Waals surface area contributed by atoms with Crippen LogP contribution in [0.4, 0.5) is 0 Å². The number of nitrogens with one attached hydrogen (secondary N) is 1. The third kappa shape index (κ3) is 9.49. The molecule has 1 heterocycles. The Hall–Kier alpha value is -0.120. The predicted molar refractivity (Wildman–Crippen MR) is 89.5 cm³/mol. The Labute approximate surface area is 131 Å². The Morgan fingerprint density at radius 3 is 2.10 bits per heavy atom. The monoisotopic (exact) mass is 299 g/mol. The fraction of sp³-hybridized carbons (Fsp3) is 1.00. The molecule has 0 aromatic heterocycles. The fourth-order valence-corrected chi connectivity index (χ4v) is 3.31. The van der Waals surface area contributed by atoms with Crippen molar-refractivity contribution in [1.82, 2.24) is 5.32 Å². The summed E-state index contributed by atoms with van der Waals surface area (Å²) in [6, 6.07) is 0.897. The van der Waals surface area contributed by atoms with E-state index in [1.165, 1.54) is 57.8 Å². The van der Waals surface area contributed by atoms with E-state index in [9.17, 15) is 10.2 Å². The van der Waals surface area contributed by atoms with Gasteiger partial charge in [0.25, 0.3) is 0 Å². The fourth-order valence-electron chi connectivity index (χ4n) is 3.31. The van der Waals surface area contributed by atoms with Crippen LogP contribution in [0.2, 0.25) is 0 Å². The van der Waals surface area contributed by atoms with Crippen molar-refractivity contribution in [1.29, 1.82) is 0 Å². The molecule has 126 valence electrons. The minimum atomic E-state index is -0.143. The van der Waals surface area contributed by atoms with Crippen LogP contribution < -0.4 is 5.32 Å². The van der Waals surface area contributed by atoms with Crippen molar-refractivity contribution in [2.24, 2.45) is 0 Å². The molecule has 3 N–H and O–H groups in total. The SMILES string of the molecule is CC(O)CCCCCCCCCC[C@H]1CC[C@@H](O)[C@@H](C)N1. The molecular formula is C18H37NO2. The molecule has 0 spiro atoms. The summed E-state index contributed by atoms with van der Waals surface area (Å²) in [5.41, 5.74) is 0. The van der Waals surface area contributed by atoms with Gasteiger partial charge in [-0.25, -0.2) is 0 Å². The van der Waals surface area contributed by atoms with E-state index in [4.69, 9.17) is 0 Å². The third-order valence-corrected chi connectivity index (χ3v) is 4.81. The van der Waals surface area contributed by atoms with Crippen LogP contribution >= 0.6 is 0 Å². The molecule has 3 nitrogen and oxygen atoms in total. The quantitative estimate of drug-likeness (QED) is 0.509. The molecular weight excluding hydrogens is 262 g/mol. The number of unbranched alkanes of at least 4 members (excludes halogenated alkanes) is 7. The van der Waals surface area contributed by atoms with Gasteiger partial charge in [-0.05, 0) is 39.5 Å². The number of piperidine rings is 1. The first-order valence-corrected chi connectivity index (χ1v) is 9.21. The van der Waals surface area contributed by atoms with Gasteiger partial charge >= 0.3 is 0 Å². The molecule has 1 unspecified atom stereocenters. The highest BCUT2D eigenvalue weighted by Crippen LogP contribution is 2.18. The molecule has 0 aromatic carbocycles. The highest BCUT2D eigenvalue weighted by molar-refractivity contribution is 4.83. The lowest BCUT2D eigenvalue weighted by Crippen LogP contribution is -2.48. The maximum Gasteiger partial charge on any atom is 0.0691 e. The molecule has 1 saturated heterocycles. The van der Waals surface area contributed by atoms with Crippen molar-refractivity contribution in [2.45, 2.75) is 115 Å². The minimum absolute atomic E-state index is 0.123. The lowest BCUT2D eigenvalue weighted by Gasteiger charge is -2.32. The highest BCUT2D eigenvalue weighted by atomic mass is 16.3. The Bertz CT molecular complexity index is 245. The lowest BCUT2D eigenvalue weighted by atomic mass is 9.93. The third-order valence-electron chi connectivity index (χ3n) is 4.81. The van der Waals surface area contributed by atoms with Gasteiger partial charge in [0.1, 0.15) is 0 Å². The van der Waals surface area contributed by atoms with Gasteiger partial charge in [-0.2, -0.15) is 0 Å². The molecule has 21 heavy (non-hydrogen) atoms. The molecule has 0 radical (unpaired) electrons. The smallest absolute Gasteiger partial charge is 0.0691 e. The summed E-state index contributed by atoms with van der Waals surface area (Å²) >= 11 is 0. The zero-order valence-electron chi connectivity index (χ0n) is 14.2. The van der Waals surface area contributed by atoms with E-state index in [0.717, 1.165) is 19.3 Å². The van der Waals surface area contributed by atoms with Gasteiger partial charge in [0.05, 0.1) is 12.2 Å². The van der Waals surface area contributed by atoms with Gasteiger partial charge in [0.15, 0.2) is 0 Å². The Kier molecular flexibility index (Phi) is 10.3. The van der Waals surface area contributed by atoms with Crippen LogP contribution in [0.1, 0.15) is 90.9 Å². The summed E-state index contributed by atoms with van der Waals surface area (Å²) < 4.78 is 0. The number of hydrogen-bond acceptors (Lipinski definition) is 3. The zero-order valence-corrected chi connectivity index (χ0v) is 14.2. The Morgan fingerprint density at radius 2 is 1.52 bits per heavy atom. The molecule has 1 rings (SSSR count). The van der Waals surface area contributed by atoms with E-state index in [2.05, 4.69) is 12.2 Å². The first kappa shape index (κ1) is 18.9. The summed E-state index contributed by atoms with van der Waals surface area (Å²) in [5.74, 6) is 0. The largest absolute Gasteiger partial charge is 0.393 e. The van der Waals surface area contributed by atoms with Crippen molar-refractivity contribution in [3.8, 4) is 0 Å². The van der Waals surface area contributed by atoms with E-state index in [1.54, 1.807) is 0 Å². The molecule has 3 heteroatoms. The van der Waals surface area contributed by atoms with E-state index < -0.39 is 0 Å². The second-order valence-electron chi connectivity index (χ2n) is 7.05. The lowest BCUT2D eigenvalue weighted by molar-refractivity contribution is 0.0849. The number of aliphatic hydroxyl groups excluding tert-OH is 2. The van der Waals surface area contributed by atoms with Crippen LogP contribution in [0.15, 0.2) is 0 Å². The van der Waals surface area contributed by atoms with Gasteiger partial charge in [0.2, 0.25) is 0 Å². The summed E-state index contributed by atoms with van der Waals surface area (Å²) in [4.78, 5) is 0. The van der Waals surface area contributed by atoms with Crippen molar-refractivity contribution in [3.05, 3.63) is 0 Å². The Morgan fingerprint density at radius 1 is 0.952 bits per heavy atom. The second kappa shape index (κ2) is 11.4. The van der Waals surface area contributed by atoms with Crippen LogP contribution in [-0.4, -0.2) is 34.5 Å². The highest BCUT2D eigenvalue weighted by Gasteiger charge is 2.24. The second-order valence-corrected chi connectivity index (χ2v) is 7.05. The molecule has 1 aliphatic heterocycles. The van der Waals surface area contributed by atoms with Crippen molar-refractivity contribution < 1.29 is 10.2 Å². The zero-order chi connectivity index (χ0) is 15.5. The van der Waals surface area contributed by atoms with Crippen LogP contribution in [0.5, 0.6) is 0 Å². The molecule has 0 amide bonds.